The molecule has 2 aromatic carbocycles. The number of unbranched alkanes of at least 4 members (excludes halogenated alkanes) is 5. The van der Waals surface area contributed by atoms with Crippen molar-refractivity contribution in [1.82, 2.24) is 0 Å². The highest BCUT2D eigenvalue weighted by molar-refractivity contribution is 9.10. The minimum atomic E-state index is -0.124. The Morgan fingerprint density at radius 3 is 2.44 bits per heavy atom. The van der Waals surface area contributed by atoms with E-state index in [0.29, 0.717) is 5.56 Å². The predicted octanol–water partition coefficient (Wildman–Crippen LogP) is 6.44. The summed E-state index contributed by atoms with van der Waals surface area (Å²) in [4.78, 5) is 12.3. The molecule has 0 bridgehead atoms. The average Bonchev–Trinajstić information content (AvgIpc) is 2.61. The molecule has 2 aromatic rings. The predicted molar refractivity (Wildman–Crippen MR) is 107 cm³/mol. The molecule has 0 atom stereocenters. The zero-order valence-electron chi connectivity index (χ0n) is 14.8. The molecule has 0 spiro atoms. The summed E-state index contributed by atoms with van der Waals surface area (Å²) >= 11 is 3.40. The van der Waals surface area contributed by atoms with Gasteiger partial charge < -0.3 is 10.1 Å². The Bertz CT molecular complexity index is 655. The molecule has 1 N–H and O–H groups in total. The fourth-order valence-corrected chi connectivity index (χ4v) is 2.94. The van der Waals surface area contributed by atoms with Crippen LogP contribution in [0.4, 0.5) is 5.69 Å². The monoisotopic (exact) mass is 403 g/mol. The quantitative estimate of drug-likeness (QED) is 0.463. The number of rotatable bonds is 10. The van der Waals surface area contributed by atoms with E-state index in [-0.39, 0.29) is 5.91 Å². The molecular weight excluding hydrogens is 378 g/mol. The molecule has 0 heterocycles. The van der Waals surface area contributed by atoms with Crippen molar-refractivity contribution in [2.45, 2.75) is 45.4 Å². The standard InChI is InChI=1S/C21H26BrNO2/c1-2-3-4-5-6-7-15-25-20-13-11-17(12-14-20)21(24)23-19-10-8-9-18(22)16-19/h8-14,16H,2-7,15H2,1H3,(H,23,24). The van der Waals surface area contributed by atoms with Crippen LogP contribution in [0.5, 0.6) is 5.75 Å². The summed E-state index contributed by atoms with van der Waals surface area (Å²) in [6.07, 6.45) is 7.49. The van der Waals surface area contributed by atoms with E-state index in [9.17, 15) is 4.79 Å². The summed E-state index contributed by atoms with van der Waals surface area (Å²) in [5, 5.41) is 2.89. The van der Waals surface area contributed by atoms with Gasteiger partial charge in [0, 0.05) is 15.7 Å². The number of ether oxygens (including phenoxy) is 1. The lowest BCUT2D eigenvalue weighted by atomic mass is 10.1. The van der Waals surface area contributed by atoms with Gasteiger partial charge in [0.1, 0.15) is 5.75 Å². The second-order valence-electron chi connectivity index (χ2n) is 6.11. The summed E-state index contributed by atoms with van der Waals surface area (Å²) < 4.78 is 6.68. The first kappa shape index (κ1) is 19.5. The van der Waals surface area contributed by atoms with Crippen LogP contribution in [0.3, 0.4) is 0 Å². The maximum Gasteiger partial charge on any atom is 0.255 e. The van der Waals surface area contributed by atoms with Crippen LogP contribution in [-0.2, 0) is 0 Å². The van der Waals surface area contributed by atoms with E-state index >= 15 is 0 Å². The Hall–Kier alpha value is -1.81. The third-order valence-corrected chi connectivity index (χ3v) is 4.46. The van der Waals surface area contributed by atoms with Gasteiger partial charge in [-0.1, -0.05) is 61.0 Å². The Labute approximate surface area is 158 Å². The molecule has 0 saturated heterocycles. The highest BCUT2D eigenvalue weighted by Gasteiger charge is 2.06. The maximum absolute atomic E-state index is 12.3. The molecule has 134 valence electrons. The second kappa shape index (κ2) is 10.9. The number of nitrogens with one attached hydrogen (secondary N) is 1. The number of carbonyl (C=O) groups is 1. The molecule has 2 rings (SSSR count). The molecule has 0 radical (unpaired) electrons. The number of halogens is 1. The Morgan fingerprint density at radius 2 is 1.72 bits per heavy atom. The SMILES string of the molecule is CCCCCCCCOc1ccc(C(=O)Nc2cccc(Br)c2)cc1. The van der Waals surface area contributed by atoms with E-state index in [2.05, 4.69) is 28.2 Å². The topological polar surface area (TPSA) is 38.3 Å². The van der Waals surface area contributed by atoms with Crippen molar-refractivity contribution in [3.05, 3.63) is 58.6 Å². The van der Waals surface area contributed by atoms with Gasteiger partial charge in [-0.25, -0.2) is 0 Å². The van der Waals surface area contributed by atoms with Crippen LogP contribution in [0, 0.1) is 0 Å². The van der Waals surface area contributed by atoms with Crippen molar-refractivity contribution in [1.29, 1.82) is 0 Å². The fraction of sp³-hybridized carbons (Fsp3) is 0.381. The molecule has 0 unspecified atom stereocenters. The Balaban J connectivity index is 1.74. The highest BCUT2D eigenvalue weighted by Crippen LogP contribution is 2.18. The van der Waals surface area contributed by atoms with Gasteiger partial charge in [-0.2, -0.15) is 0 Å². The van der Waals surface area contributed by atoms with Gasteiger partial charge >= 0.3 is 0 Å². The van der Waals surface area contributed by atoms with Gasteiger partial charge in [0.25, 0.3) is 5.91 Å². The first-order valence-electron chi connectivity index (χ1n) is 8.99. The van der Waals surface area contributed by atoms with Gasteiger partial charge in [-0.15, -0.1) is 0 Å². The van der Waals surface area contributed by atoms with E-state index in [1.54, 1.807) is 12.1 Å². The lowest BCUT2D eigenvalue weighted by Crippen LogP contribution is -2.11. The van der Waals surface area contributed by atoms with Gasteiger partial charge in [0.05, 0.1) is 6.61 Å². The third-order valence-electron chi connectivity index (χ3n) is 3.97. The van der Waals surface area contributed by atoms with Crippen LogP contribution in [0.2, 0.25) is 0 Å². The van der Waals surface area contributed by atoms with Crippen molar-refractivity contribution < 1.29 is 9.53 Å². The first-order chi connectivity index (χ1) is 12.2. The van der Waals surface area contributed by atoms with Crippen LogP contribution >= 0.6 is 15.9 Å². The van der Waals surface area contributed by atoms with Gasteiger partial charge in [0.15, 0.2) is 0 Å². The Morgan fingerprint density at radius 1 is 1.00 bits per heavy atom. The molecule has 0 aliphatic heterocycles. The van der Waals surface area contributed by atoms with Crippen molar-refractivity contribution >= 4 is 27.5 Å². The zero-order chi connectivity index (χ0) is 17.9. The number of benzene rings is 2. The lowest BCUT2D eigenvalue weighted by molar-refractivity contribution is 0.102. The van der Waals surface area contributed by atoms with Crippen molar-refractivity contribution in [2.75, 3.05) is 11.9 Å². The van der Waals surface area contributed by atoms with Crippen LogP contribution in [0.15, 0.2) is 53.0 Å². The highest BCUT2D eigenvalue weighted by atomic mass is 79.9. The van der Waals surface area contributed by atoms with Crippen molar-refractivity contribution in [3.63, 3.8) is 0 Å². The van der Waals surface area contributed by atoms with Gasteiger partial charge in [0.2, 0.25) is 0 Å². The molecule has 0 aromatic heterocycles. The molecule has 0 fully saturated rings. The van der Waals surface area contributed by atoms with E-state index < -0.39 is 0 Å². The fourth-order valence-electron chi connectivity index (χ4n) is 2.54. The van der Waals surface area contributed by atoms with Crippen LogP contribution < -0.4 is 10.1 Å². The minimum absolute atomic E-state index is 0.124. The second-order valence-corrected chi connectivity index (χ2v) is 7.02. The summed E-state index contributed by atoms with van der Waals surface area (Å²) in [6.45, 7) is 2.96. The minimum Gasteiger partial charge on any atom is -0.494 e. The molecule has 1 amide bonds. The van der Waals surface area contributed by atoms with Crippen molar-refractivity contribution in [2.24, 2.45) is 0 Å². The lowest BCUT2D eigenvalue weighted by Gasteiger charge is -2.08. The van der Waals surface area contributed by atoms with E-state index in [1.165, 1.54) is 32.1 Å². The largest absolute Gasteiger partial charge is 0.494 e. The number of carbonyl (C=O) groups excluding carboxylic acids is 1. The normalized spacial score (nSPS) is 10.5. The smallest absolute Gasteiger partial charge is 0.255 e. The summed E-state index contributed by atoms with van der Waals surface area (Å²) in [5.74, 6) is 0.688. The third kappa shape index (κ3) is 7.30. The molecule has 0 aliphatic rings. The number of hydrogen-bond acceptors (Lipinski definition) is 2. The maximum atomic E-state index is 12.3. The van der Waals surface area contributed by atoms with E-state index in [4.69, 9.17) is 4.74 Å². The zero-order valence-corrected chi connectivity index (χ0v) is 16.3. The number of anilines is 1. The van der Waals surface area contributed by atoms with E-state index in [0.717, 1.165) is 28.9 Å². The first-order valence-corrected chi connectivity index (χ1v) is 9.78. The molecular formula is C21H26BrNO2. The van der Waals surface area contributed by atoms with Crippen molar-refractivity contribution in [3.8, 4) is 5.75 Å². The molecule has 3 nitrogen and oxygen atoms in total. The molecule has 0 aliphatic carbocycles. The van der Waals surface area contributed by atoms with Crippen LogP contribution in [0.1, 0.15) is 55.8 Å². The summed E-state index contributed by atoms with van der Waals surface area (Å²) in [7, 11) is 0. The molecule has 25 heavy (non-hydrogen) atoms. The van der Waals surface area contributed by atoms with E-state index in [1.807, 2.05) is 36.4 Å². The number of amides is 1. The summed E-state index contributed by atoms with van der Waals surface area (Å²) in [5.41, 5.74) is 1.38. The molecule has 4 heteroatoms. The van der Waals surface area contributed by atoms with Gasteiger partial charge in [-0.3, -0.25) is 4.79 Å². The van der Waals surface area contributed by atoms with Crippen LogP contribution in [0.25, 0.3) is 0 Å². The summed E-state index contributed by atoms with van der Waals surface area (Å²) in [6, 6.07) is 14.8. The van der Waals surface area contributed by atoms with Gasteiger partial charge in [-0.05, 0) is 48.9 Å². The average molecular weight is 404 g/mol. The van der Waals surface area contributed by atoms with Crippen LogP contribution in [-0.4, -0.2) is 12.5 Å². The Kier molecular flexibility index (Phi) is 8.53. The number of hydrogen-bond donors (Lipinski definition) is 1. The molecule has 0 saturated carbocycles.